The van der Waals surface area contributed by atoms with Crippen molar-refractivity contribution in [3.8, 4) is 5.75 Å². The summed E-state index contributed by atoms with van der Waals surface area (Å²) in [7, 11) is 1.40. The van der Waals surface area contributed by atoms with Crippen molar-refractivity contribution in [3.05, 3.63) is 29.8 Å². The Bertz CT molecular complexity index is 376. The van der Waals surface area contributed by atoms with Crippen molar-refractivity contribution >= 4 is 5.97 Å². The van der Waals surface area contributed by atoms with E-state index in [2.05, 4.69) is 4.74 Å². The number of aryl methyl sites for hydroxylation is 1. The minimum Gasteiger partial charge on any atom is -0.491 e. The van der Waals surface area contributed by atoms with E-state index in [0.29, 0.717) is 26.2 Å². The highest BCUT2D eigenvalue weighted by Crippen LogP contribution is 2.14. The lowest BCUT2D eigenvalue weighted by Gasteiger charge is -2.07. The molecule has 0 aromatic heterocycles. The van der Waals surface area contributed by atoms with E-state index in [1.807, 2.05) is 65.8 Å². The summed E-state index contributed by atoms with van der Waals surface area (Å²) >= 11 is 0. The van der Waals surface area contributed by atoms with Crippen molar-refractivity contribution in [1.82, 2.24) is 0 Å². The molecule has 0 aliphatic heterocycles. The first-order valence-electron chi connectivity index (χ1n) is 9.73. The summed E-state index contributed by atoms with van der Waals surface area (Å²) in [5.41, 5.74) is 1.16. The Morgan fingerprint density at radius 1 is 0.923 bits per heavy atom. The van der Waals surface area contributed by atoms with E-state index in [1.54, 1.807) is 0 Å². The summed E-state index contributed by atoms with van der Waals surface area (Å²) in [6.07, 6.45) is 2.06. The van der Waals surface area contributed by atoms with Gasteiger partial charge in [-0.25, -0.2) is 0 Å². The van der Waals surface area contributed by atoms with Crippen LogP contribution in [-0.2, 0) is 20.7 Å². The molecular weight excluding hydrogens is 332 g/mol. The normalized spacial score (nSPS) is 8.62. The maximum absolute atomic E-state index is 11.0. The molecule has 1 aromatic carbocycles. The van der Waals surface area contributed by atoms with Crippen LogP contribution in [0.1, 0.15) is 59.9 Å². The van der Waals surface area contributed by atoms with Crippen LogP contribution in [0, 0.1) is 0 Å². The van der Waals surface area contributed by atoms with Crippen LogP contribution in [0.15, 0.2) is 24.3 Å². The number of carbonyl (C=O) groups excluding carboxylic acids is 1. The van der Waals surface area contributed by atoms with Crippen molar-refractivity contribution in [3.63, 3.8) is 0 Å². The summed E-state index contributed by atoms with van der Waals surface area (Å²) in [4.78, 5) is 11.0. The van der Waals surface area contributed by atoms with Crippen molar-refractivity contribution in [2.45, 2.75) is 60.8 Å². The van der Waals surface area contributed by atoms with Crippen LogP contribution in [0.5, 0.6) is 5.75 Å². The molecule has 1 N–H and O–H groups in total. The first-order chi connectivity index (χ1) is 12.8. The topological polar surface area (TPSA) is 65.0 Å². The van der Waals surface area contributed by atoms with Crippen molar-refractivity contribution in [2.75, 3.05) is 33.5 Å². The molecule has 0 heterocycles. The lowest BCUT2D eigenvalue weighted by atomic mass is 10.1. The molecule has 0 saturated carbocycles. The summed E-state index contributed by atoms with van der Waals surface area (Å²) < 4.78 is 15.2. The predicted octanol–water partition coefficient (Wildman–Crippen LogP) is 4.65. The average molecular weight is 373 g/mol. The van der Waals surface area contributed by atoms with Crippen LogP contribution in [-0.4, -0.2) is 44.6 Å². The van der Waals surface area contributed by atoms with Gasteiger partial charge in [-0.05, 0) is 30.5 Å². The fourth-order valence-electron chi connectivity index (χ4n) is 1.68. The van der Waals surface area contributed by atoms with Crippen molar-refractivity contribution in [1.29, 1.82) is 0 Å². The van der Waals surface area contributed by atoms with Crippen molar-refractivity contribution < 1.29 is 24.1 Å². The Labute approximate surface area is 160 Å². The molecule has 0 fully saturated rings. The van der Waals surface area contributed by atoms with Crippen LogP contribution in [0.3, 0.4) is 0 Å². The highest BCUT2D eigenvalue weighted by Gasteiger charge is 2.01. The smallest absolute Gasteiger partial charge is 0.305 e. The molecule has 0 spiro atoms. The zero-order chi connectivity index (χ0) is 20.6. The second-order valence-electron chi connectivity index (χ2n) is 4.26. The number of hydrogen-bond donors (Lipinski definition) is 1. The molecule has 5 nitrogen and oxygen atoms in total. The maximum atomic E-state index is 11.0. The number of rotatable bonds is 10. The second kappa shape index (κ2) is 25.6. The summed E-state index contributed by atoms with van der Waals surface area (Å²) in [5, 5.41) is 8.54. The number of methoxy groups -OCH3 is 1. The number of esters is 1. The van der Waals surface area contributed by atoms with Crippen LogP contribution in [0.2, 0.25) is 0 Å². The number of carbonyl (C=O) groups is 1. The van der Waals surface area contributed by atoms with E-state index in [4.69, 9.17) is 14.6 Å². The number of benzene rings is 1. The average Bonchev–Trinajstić information content (AvgIpc) is 2.73. The van der Waals surface area contributed by atoms with Gasteiger partial charge in [-0.2, -0.15) is 0 Å². The van der Waals surface area contributed by atoms with Gasteiger partial charge in [0.25, 0.3) is 0 Å². The van der Waals surface area contributed by atoms with Gasteiger partial charge in [0.15, 0.2) is 0 Å². The fourth-order valence-corrected chi connectivity index (χ4v) is 1.68. The first-order valence-corrected chi connectivity index (χ1v) is 9.73. The van der Waals surface area contributed by atoms with Gasteiger partial charge in [0.05, 0.1) is 26.9 Å². The van der Waals surface area contributed by atoms with Gasteiger partial charge in [0, 0.05) is 6.42 Å². The Morgan fingerprint density at radius 3 is 2.00 bits per heavy atom. The first kappa shape index (κ1) is 29.2. The molecule has 0 unspecified atom stereocenters. The number of aliphatic hydroxyl groups is 1. The lowest BCUT2D eigenvalue weighted by Crippen LogP contribution is -2.09. The molecular formula is C21H40O5. The Balaban J connectivity index is -0.000000795. The molecule has 0 radical (unpaired) electrons. The monoisotopic (exact) mass is 372 g/mol. The maximum Gasteiger partial charge on any atom is 0.305 e. The minimum absolute atomic E-state index is 0.0280. The van der Waals surface area contributed by atoms with Gasteiger partial charge < -0.3 is 19.3 Å². The van der Waals surface area contributed by atoms with E-state index in [1.165, 1.54) is 7.11 Å². The summed E-state index contributed by atoms with van der Waals surface area (Å²) in [5.74, 6) is 0.613. The van der Waals surface area contributed by atoms with Crippen molar-refractivity contribution in [2.24, 2.45) is 0 Å². The Morgan fingerprint density at radius 2 is 1.50 bits per heavy atom. The number of hydrogen-bond acceptors (Lipinski definition) is 5. The van der Waals surface area contributed by atoms with Gasteiger partial charge in [-0.15, -0.1) is 0 Å². The van der Waals surface area contributed by atoms with Crippen LogP contribution in [0.25, 0.3) is 0 Å². The fraction of sp³-hybridized carbons (Fsp3) is 0.667. The van der Waals surface area contributed by atoms with Gasteiger partial charge in [0.1, 0.15) is 12.4 Å². The van der Waals surface area contributed by atoms with Gasteiger partial charge in [0.2, 0.25) is 0 Å². The van der Waals surface area contributed by atoms with Crippen LogP contribution >= 0.6 is 0 Å². The largest absolute Gasteiger partial charge is 0.491 e. The van der Waals surface area contributed by atoms with Crippen LogP contribution in [0.4, 0.5) is 0 Å². The second-order valence-corrected chi connectivity index (χ2v) is 4.26. The highest BCUT2D eigenvalue weighted by molar-refractivity contribution is 5.69. The highest BCUT2D eigenvalue weighted by atomic mass is 16.5. The molecule has 0 aliphatic carbocycles. The molecule has 1 aromatic rings. The lowest BCUT2D eigenvalue weighted by molar-refractivity contribution is -0.140. The number of ether oxygens (including phenoxy) is 3. The SMILES string of the molecule is CC.CC.CC.COC(=O)CCCc1ccc(OCCOCCO)cc1. The third-order valence-corrected chi connectivity index (χ3v) is 2.73. The molecule has 0 amide bonds. The molecule has 154 valence electrons. The van der Waals surface area contributed by atoms with E-state index in [0.717, 1.165) is 24.2 Å². The minimum atomic E-state index is -0.173. The number of aliphatic hydroxyl groups excluding tert-OH is 1. The quantitative estimate of drug-likeness (QED) is 0.478. The molecule has 0 aliphatic rings. The van der Waals surface area contributed by atoms with E-state index < -0.39 is 0 Å². The molecule has 1 rings (SSSR count). The molecule has 26 heavy (non-hydrogen) atoms. The summed E-state index contributed by atoms with van der Waals surface area (Å²) in [6.45, 7) is 13.3. The zero-order valence-corrected chi connectivity index (χ0v) is 17.8. The van der Waals surface area contributed by atoms with Gasteiger partial charge >= 0.3 is 5.97 Å². The van der Waals surface area contributed by atoms with E-state index in [9.17, 15) is 4.79 Å². The third kappa shape index (κ3) is 18.7. The summed E-state index contributed by atoms with van der Waals surface area (Å²) in [6, 6.07) is 7.78. The standard InChI is InChI=1S/C15H22O5.3C2H6/c1-18-15(17)4-2-3-13-5-7-14(8-6-13)20-12-11-19-10-9-16;3*1-2/h5-8,16H,2-4,9-12H2,1H3;3*1-2H3. The van der Waals surface area contributed by atoms with E-state index >= 15 is 0 Å². The third-order valence-electron chi connectivity index (χ3n) is 2.73. The zero-order valence-electron chi connectivity index (χ0n) is 17.8. The predicted molar refractivity (Wildman–Crippen MR) is 109 cm³/mol. The molecule has 0 saturated heterocycles. The Hall–Kier alpha value is -1.59. The van der Waals surface area contributed by atoms with Gasteiger partial charge in [-0.3, -0.25) is 4.79 Å². The Kier molecular flexibility index (Phi) is 28.8. The van der Waals surface area contributed by atoms with Gasteiger partial charge in [-0.1, -0.05) is 53.7 Å². The van der Waals surface area contributed by atoms with Crippen LogP contribution < -0.4 is 4.74 Å². The van der Waals surface area contributed by atoms with E-state index in [-0.39, 0.29) is 12.6 Å². The molecule has 0 atom stereocenters. The molecule has 5 heteroatoms. The molecule has 0 bridgehead atoms.